The lowest BCUT2D eigenvalue weighted by atomic mass is 9.98. The Labute approximate surface area is 165 Å². The van der Waals surface area contributed by atoms with Crippen LogP contribution in [0.2, 0.25) is 5.02 Å². The maximum Gasteiger partial charge on any atom is 0.422 e. The highest BCUT2D eigenvalue weighted by molar-refractivity contribution is 6.32. The van der Waals surface area contributed by atoms with Crippen molar-refractivity contribution in [3.63, 3.8) is 0 Å². The number of pyridine rings is 1. The Hall–Kier alpha value is -2.48. The zero-order valence-corrected chi connectivity index (χ0v) is 15.8. The van der Waals surface area contributed by atoms with Crippen LogP contribution in [0.15, 0.2) is 36.5 Å². The van der Waals surface area contributed by atoms with E-state index in [4.69, 9.17) is 16.3 Å². The van der Waals surface area contributed by atoms with Crippen molar-refractivity contribution < 1.29 is 27.4 Å². The van der Waals surface area contributed by atoms with Gasteiger partial charge in [0.25, 0.3) is 5.91 Å². The van der Waals surface area contributed by atoms with Crippen LogP contribution in [-0.2, 0) is 0 Å². The van der Waals surface area contributed by atoms with Crippen molar-refractivity contribution in [1.82, 2.24) is 9.88 Å². The molecule has 1 unspecified atom stereocenters. The summed E-state index contributed by atoms with van der Waals surface area (Å²) in [6.07, 6.45) is -2.50. The molecule has 1 aliphatic heterocycles. The van der Waals surface area contributed by atoms with Crippen molar-refractivity contribution >= 4 is 17.5 Å². The molecular weight excluding hydrogens is 397 g/mol. The molecule has 3 rings (SSSR count). The fraction of sp³-hybridized carbons (Fsp3) is 0.368. The summed E-state index contributed by atoms with van der Waals surface area (Å²) in [7, 11) is 1.60. The number of rotatable bonds is 5. The summed E-state index contributed by atoms with van der Waals surface area (Å²) in [4.78, 5) is 18.1. The highest BCUT2D eigenvalue weighted by atomic mass is 35.5. The first-order valence-electron chi connectivity index (χ1n) is 8.55. The minimum Gasteiger partial charge on any atom is -0.497 e. The summed E-state index contributed by atoms with van der Waals surface area (Å²) in [5, 5.41) is -0.138. The molecule has 1 atom stereocenters. The molecule has 0 radical (unpaired) electrons. The minimum atomic E-state index is -4.49. The second-order valence-electron chi connectivity index (χ2n) is 6.42. The molecule has 1 amide bonds. The lowest BCUT2D eigenvalue weighted by molar-refractivity contribution is -0.154. The quantitative estimate of drug-likeness (QED) is 0.731. The molecule has 2 aromatic rings. The smallest absolute Gasteiger partial charge is 0.422 e. The van der Waals surface area contributed by atoms with E-state index in [1.54, 1.807) is 12.0 Å². The Bertz CT molecular complexity index is 843. The maximum absolute atomic E-state index is 12.7. The third-order valence-electron chi connectivity index (χ3n) is 4.49. The van der Waals surface area contributed by atoms with Crippen molar-refractivity contribution in [2.45, 2.75) is 18.5 Å². The SMILES string of the molecule is COc1ccc(C2CCN(C(=O)c3cnc(OCC(F)(F)F)c(Cl)c3)C2)cc1. The molecule has 1 saturated heterocycles. The van der Waals surface area contributed by atoms with Crippen molar-refractivity contribution in [2.24, 2.45) is 0 Å². The van der Waals surface area contributed by atoms with E-state index in [1.807, 2.05) is 24.3 Å². The number of carbonyl (C=O) groups is 1. The van der Waals surface area contributed by atoms with Gasteiger partial charge in [-0.25, -0.2) is 4.98 Å². The van der Waals surface area contributed by atoms with Gasteiger partial charge in [-0.3, -0.25) is 4.79 Å². The van der Waals surface area contributed by atoms with Gasteiger partial charge in [-0.2, -0.15) is 13.2 Å². The molecule has 1 fully saturated rings. The fourth-order valence-corrected chi connectivity index (χ4v) is 3.30. The van der Waals surface area contributed by atoms with Gasteiger partial charge in [-0.05, 0) is 30.2 Å². The van der Waals surface area contributed by atoms with Gasteiger partial charge in [0.1, 0.15) is 10.8 Å². The maximum atomic E-state index is 12.7. The number of hydrogen-bond acceptors (Lipinski definition) is 4. The molecule has 9 heteroatoms. The van der Waals surface area contributed by atoms with E-state index in [9.17, 15) is 18.0 Å². The van der Waals surface area contributed by atoms with Gasteiger partial charge in [0.15, 0.2) is 6.61 Å². The Kier molecular flexibility index (Phi) is 5.98. The van der Waals surface area contributed by atoms with Crippen LogP contribution in [-0.4, -0.2) is 48.8 Å². The van der Waals surface area contributed by atoms with Crippen LogP contribution in [0, 0.1) is 0 Å². The van der Waals surface area contributed by atoms with Crippen molar-refractivity contribution in [3.8, 4) is 11.6 Å². The zero-order chi connectivity index (χ0) is 20.3. The minimum absolute atomic E-state index is 0.138. The number of ether oxygens (including phenoxy) is 2. The number of nitrogens with zero attached hydrogens (tertiary/aromatic N) is 2. The average Bonchev–Trinajstić information content (AvgIpc) is 3.16. The number of methoxy groups -OCH3 is 1. The van der Waals surface area contributed by atoms with Crippen LogP contribution in [0.4, 0.5) is 13.2 Å². The lowest BCUT2D eigenvalue weighted by Crippen LogP contribution is -2.28. The largest absolute Gasteiger partial charge is 0.497 e. The number of hydrogen-bond donors (Lipinski definition) is 0. The highest BCUT2D eigenvalue weighted by Gasteiger charge is 2.30. The molecule has 1 aromatic heterocycles. The summed E-state index contributed by atoms with van der Waals surface area (Å²) in [6.45, 7) is -0.392. The van der Waals surface area contributed by atoms with Crippen molar-refractivity contribution in [1.29, 1.82) is 0 Å². The first-order chi connectivity index (χ1) is 13.3. The van der Waals surface area contributed by atoms with Gasteiger partial charge < -0.3 is 14.4 Å². The van der Waals surface area contributed by atoms with E-state index in [1.165, 1.54) is 12.3 Å². The summed E-state index contributed by atoms with van der Waals surface area (Å²) in [5.74, 6) is 0.344. The Morgan fingerprint density at radius 2 is 2.04 bits per heavy atom. The molecule has 2 heterocycles. The second-order valence-corrected chi connectivity index (χ2v) is 6.83. The van der Waals surface area contributed by atoms with Gasteiger partial charge >= 0.3 is 6.18 Å². The highest BCUT2D eigenvalue weighted by Crippen LogP contribution is 2.30. The number of carbonyl (C=O) groups excluding carboxylic acids is 1. The topological polar surface area (TPSA) is 51.7 Å². The van der Waals surface area contributed by atoms with Crippen LogP contribution >= 0.6 is 11.6 Å². The summed E-state index contributed by atoms with van der Waals surface area (Å²) in [6, 6.07) is 8.99. The van der Waals surface area contributed by atoms with E-state index in [-0.39, 0.29) is 28.3 Å². The Balaban J connectivity index is 1.64. The molecule has 1 aliphatic rings. The standard InChI is InChI=1S/C19H18ClF3N2O3/c1-27-15-4-2-12(3-5-15)13-6-7-25(10-13)18(26)14-8-16(20)17(24-9-14)28-11-19(21,22)23/h2-5,8-9,13H,6-7,10-11H2,1H3. The monoisotopic (exact) mass is 414 g/mol. The molecule has 28 heavy (non-hydrogen) atoms. The van der Waals surface area contributed by atoms with Crippen LogP contribution < -0.4 is 9.47 Å². The number of alkyl halides is 3. The third-order valence-corrected chi connectivity index (χ3v) is 4.76. The molecule has 0 N–H and O–H groups in total. The fourth-order valence-electron chi connectivity index (χ4n) is 3.07. The number of benzene rings is 1. The molecule has 0 spiro atoms. The van der Waals surface area contributed by atoms with E-state index in [2.05, 4.69) is 9.72 Å². The van der Waals surface area contributed by atoms with E-state index < -0.39 is 12.8 Å². The first-order valence-corrected chi connectivity index (χ1v) is 8.93. The van der Waals surface area contributed by atoms with Gasteiger partial charge in [-0.15, -0.1) is 0 Å². The molecule has 5 nitrogen and oxygen atoms in total. The summed E-state index contributed by atoms with van der Waals surface area (Å²) < 4.78 is 46.4. The molecule has 0 saturated carbocycles. The molecule has 150 valence electrons. The zero-order valence-electron chi connectivity index (χ0n) is 15.0. The predicted octanol–water partition coefficient (Wildman–Crippen LogP) is 4.31. The molecule has 0 aliphatic carbocycles. The predicted molar refractivity (Wildman–Crippen MR) is 97.1 cm³/mol. The number of aromatic nitrogens is 1. The van der Waals surface area contributed by atoms with Gasteiger partial charge in [0, 0.05) is 25.2 Å². The normalized spacial score (nSPS) is 16.9. The molecule has 0 bridgehead atoms. The molecular formula is C19H18ClF3N2O3. The van der Waals surface area contributed by atoms with Crippen LogP contribution in [0.3, 0.4) is 0 Å². The molecule has 1 aromatic carbocycles. The first kappa shape index (κ1) is 20.3. The van der Waals surface area contributed by atoms with E-state index in [0.29, 0.717) is 13.1 Å². The second kappa shape index (κ2) is 8.26. The van der Waals surface area contributed by atoms with Gasteiger partial charge in [-0.1, -0.05) is 23.7 Å². The number of amides is 1. The summed E-state index contributed by atoms with van der Waals surface area (Å²) in [5.41, 5.74) is 1.32. The lowest BCUT2D eigenvalue weighted by Gasteiger charge is -2.17. The third kappa shape index (κ3) is 4.86. The van der Waals surface area contributed by atoms with Gasteiger partial charge in [0.2, 0.25) is 5.88 Å². The van der Waals surface area contributed by atoms with Crippen molar-refractivity contribution in [3.05, 3.63) is 52.7 Å². The van der Waals surface area contributed by atoms with Crippen LogP contribution in [0.5, 0.6) is 11.6 Å². The number of halogens is 4. The van der Waals surface area contributed by atoms with Gasteiger partial charge in [0.05, 0.1) is 12.7 Å². The Morgan fingerprint density at radius 3 is 2.64 bits per heavy atom. The number of likely N-dealkylation sites (tertiary alicyclic amines) is 1. The summed E-state index contributed by atoms with van der Waals surface area (Å²) >= 11 is 5.92. The van der Waals surface area contributed by atoms with E-state index in [0.717, 1.165) is 17.7 Å². The van der Waals surface area contributed by atoms with Crippen LogP contribution in [0.1, 0.15) is 28.3 Å². The van der Waals surface area contributed by atoms with E-state index >= 15 is 0 Å². The Morgan fingerprint density at radius 1 is 1.32 bits per heavy atom. The van der Waals surface area contributed by atoms with Crippen LogP contribution in [0.25, 0.3) is 0 Å². The van der Waals surface area contributed by atoms with Crippen molar-refractivity contribution in [2.75, 3.05) is 26.8 Å². The average molecular weight is 415 g/mol.